The number of anilines is 1. The molecule has 10 aromatic carbocycles. The minimum atomic E-state index is -0.492. The van der Waals surface area contributed by atoms with Crippen LogP contribution in [0.4, 0.5) is 5.69 Å². The van der Waals surface area contributed by atoms with Crippen molar-refractivity contribution < 1.29 is 46.5 Å². The summed E-state index contributed by atoms with van der Waals surface area (Å²) in [4.78, 5) is 40.5. The summed E-state index contributed by atoms with van der Waals surface area (Å²) in [6.07, 6.45) is 0. The van der Waals surface area contributed by atoms with E-state index in [1.807, 2.05) is 196 Å². The second-order valence-electron chi connectivity index (χ2n) is 29.3. The van der Waals surface area contributed by atoms with E-state index in [4.69, 9.17) is 41.7 Å². The smallest absolute Gasteiger partial charge is 0.419 e. The van der Waals surface area contributed by atoms with E-state index in [1.165, 1.54) is 4.57 Å². The molecule has 25 nitrogen and oxygen atoms in total. The number of fused-ring (bicyclic) bond motifs is 11. The number of furan rings is 1. The number of H-pyrrole nitrogens is 1. The van der Waals surface area contributed by atoms with Gasteiger partial charge in [0, 0.05) is 137 Å². The Bertz CT molecular complexity index is 7890. The maximum atomic E-state index is 12.0. The van der Waals surface area contributed by atoms with Crippen molar-refractivity contribution in [2.45, 2.75) is 67.3 Å². The van der Waals surface area contributed by atoms with Crippen molar-refractivity contribution in [1.29, 1.82) is 26.3 Å². The molecule has 0 radical (unpaired) electrons. The molecule has 1 aliphatic rings. The van der Waals surface area contributed by atoms with Gasteiger partial charge in [-0.05, 0) is 161 Å². The van der Waals surface area contributed by atoms with Gasteiger partial charge in [0.1, 0.15) is 76.0 Å². The average molecular weight is 1690 g/mol. The minimum Gasteiger partial charge on any atom is -0.497 e. The molecule has 0 saturated heterocycles. The highest BCUT2D eigenvalue weighted by molar-refractivity contribution is 7.13. The van der Waals surface area contributed by atoms with Crippen LogP contribution in [0.3, 0.4) is 0 Å². The van der Waals surface area contributed by atoms with Crippen LogP contribution in [0.15, 0.2) is 228 Å². The number of oxazole rings is 2. The lowest BCUT2D eigenvalue weighted by molar-refractivity contribution is -0.121. The minimum absolute atomic E-state index is 0.0430. The average Bonchev–Trinajstić information content (AvgIpc) is 1.59. The zero-order chi connectivity index (χ0) is 88.5. The molecule has 19 aromatic rings. The molecule has 0 atom stereocenters. The predicted octanol–water partition coefficient (Wildman–Crippen LogP) is 21.2. The molecule has 1 aliphatic heterocycles. The van der Waals surface area contributed by atoms with E-state index in [2.05, 4.69) is 90.2 Å². The van der Waals surface area contributed by atoms with Crippen molar-refractivity contribution in [3.8, 4) is 120 Å². The van der Waals surface area contributed by atoms with Gasteiger partial charge >= 0.3 is 11.5 Å². The Balaban J connectivity index is 0.000000116. The van der Waals surface area contributed by atoms with Gasteiger partial charge in [0.25, 0.3) is 5.91 Å². The summed E-state index contributed by atoms with van der Waals surface area (Å²) in [6, 6.07) is 75.5. The number of benzene rings is 10. The van der Waals surface area contributed by atoms with Gasteiger partial charge in [-0.2, -0.15) is 26.3 Å². The van der Waals surface area contributed by atoms with Crippen LogP contribution < -0.4 is 44.8 Å². The summed E-state index contributed by atoms with van der Waals surface area (Å²) in [6.45, 7) is 14.0. The van der Waals surface area contributed by atoms with Gasteiger partial charge in [0.15, 0.2) is 17.8 Å². The van der Waals surface area contributed by atoms with E-state index in [0.29, 0.717) is 70.0 Å². The second-order valence-corrected chi connectivity index (χ2v) is 30.3. The maximum absolute atomic E-state index is 12.0. The molecule has 0 fully saturated rings. The lowest BCUT2D eigenvalue weighted by Crippen LogP contribution is -2.35. The van der Waals surface area contributed by atoms with Gasteiger partial charge in [-0.25, -0.2) is 9.59 Å². The highest BCUT2D eigenvalue weighted by atomic mass is 32.1. The number of nitrogens with zero attached hydrogens (tertiary/aromatic N) is 12. The zero-order valence-corrected chi connectivity index (χ0v) is 71.9. The molecule has 1 amide bonds. The normalized spacial score (nSPS) is 11.5. The number of hydrogen-bond donors (Lipinski definition) is 1. The molecule has 0 aliphatic carbocycles. The van der Waals surface area contributed by atoms with Crippen LogP contribution in [0.25, 0.3) is 154 Å². The molecule has 126 heavy (non-hydrogen) atoms. The van der Waals surface area contributed by atoms with Gasteiger partial charge in [0.2, 0.25) is 0 Å². The van der Waals surface area contributed by atoms with E-state index >= 15 is 0 Å². The third-order valence-electron chi connectivity index (χ3n) is 23.0. The van der Waals surface area contributed by atoms with Crippen LogP contribution in [0.1, 0.15) is 62.4 Å². The van der Waals surface area contributed by atoms with Crippen LogP contribution in [0.2, 0.25) is 0 Å². The van der Waals surface area contributed by atoms with Crippen molar-refractivity contribution in [2.24, 2.45) is 7.05 Å². The van der Waals surface area contributed by atoms with Gasteiger partial charge in [0.05, 0.1) is 141 Å². The summed E-state index contributed by atoms with van der Waals surface area (Å²) in [5.41, 5.74) is 20.6. The van der Waals surface area contributed by atoms with Crippen LogP contribution in [0.5, 0.6) is 34.5 Å². The largest absolute Gasteiger partial charge is 0.497 e. The number of carbonyl (C=O) groups excluding carboxylic acids is 1. The quantitative estimate of drug-likeness (QED) is 0.0996. The number of nitriles is 5. The molecule has 1 N–H and O–H groups in total. The monoisotopic (exact) mass is 1690 g/mol. The highest BCUT2D eigenvalue weighted by Crippen LogP contribution is 2.46. The Morgan fingerprint density at radius 1 is 0.389 bits per heavy atom. The summed E-state index contributed by atoms with van der Waals surface area (Å²) in [7, 11) is 11.6. The molecular formula is C100H83N13O12S. The first-order chi connectivity index (χ1) is 61.4. The van der Waals surface area contributed by atoms with Crippen molar-refractivity contribution in [3.63, 3.8) is 0 Å². The number of carbonyl (C=O) groups is 1. The summed E-state index contributed by atoms with van der Waals surface area (Å²) >= 11 is 1.66. The molecule has 20 rings (SSSR count). The summed E-state index contributed by atoms with van der Waals surface area (Å²) in [5.74, 6) is 3.49. The topological polar surface area (TPSA) is 314 Å². The molecule has 10 heterocycles. The second kappa shape index (κ2) is 35.0. The van der Waals surface area contributed by atoms with Gasteiger partial charge < -0.3 is 69.4 Å². The Labute approximate surface area is 726 Å². The fraction of sp³-hybridized carbons (Fsp3) is 0.180. The van der Waals surface area contributed by atoms with Crippen LogP contribution in [-0.2, 0) is 44.6 Å². The molecule has 0 bridgehead atoms. The number of para-hydroxylation sites is 2. The van der Waals surface area contributed by atoms with Crippen molar-refractivity contribution in [3.05, 3.63) is 254 Å². The van der Waals surface area contributed by atoms with E-state index in [0.717, 1.165) is 185 Å². The number of rotatable bonds is 15. The third-order valence-corrected chi connectivity index (χ3v) is 23.9. The molecule has 26 heteroatoms. The standard InChI is InChI=1S/C24H18N2O2.C21H19N3O3.C20H17N3O3.C19H15N3O3.C16H14N2OS/c1-3-26-21-13-15(27-2)11-12-16(21)20(14-25)23(26)19-9-6-8-18-17-7-4-5-10-22(17)28-24(18)19;1-4-24-17-10-14(26-3)6-7-15(17)16(11-22)21(24)13-5-8-19-18(9-13)23(2)20(25)12-27-19;1-4-23-17-10-13(25-3)6-7-14(17)15(11-21)19(23)12-5-8-16-18(9-12)26-20(24)22(16)2;1-3-22-16-9-12(24-2)5-6-13(16)14(10-20)18(22)11-4-7-15-17(8-11)25-19(23)21-15;1-3-18-14-9-11(19-2)6-7-12(14)13(10-17)16(18)15-5-4-8-20-15/h4-13H,3H2,1-2H3;5-10H,4,12H2,1-3H3;5-10H,4H2,1-3H3;4-9H,3H2,1-2H3,(H,21,23);4-9H,3H2,1-2H3. The number of aromatic amines is 1. The van der Waals surface area contributed by atoms with Gasteiger partial charge in [-0.1, -0.05) is 48.5 Å². The number of nitrogens with one attached hydrogen (secondary N) is 1. The van der Waals surface area contributed by atoms with Crippen LogP contribution in [0, 0.1) is 56.7 Å². The fourth-order valence-electron chi connectivity index (χ4n) is 17.1. The van der Waals surface area contributed by atoms with E-state index in [-0.39, 0.29) is 12.5 Å². The number of aromatic nitrogens is 7. The Morgan fingerprint density at radius 3 is 1.27 bits per heavy atom. The first-order valence-corrected chi connectivity index (χ1v) is 41.5. The van der Waals surface area contributed by atoms with Crippen molar-refractivity contribution in [1.82, 2.24) is 32.4 Å². The van der Waals surface area contributed by atoms with E-state index in [9.17, 15) is 40.7 Å². The number of ether oxygens (including phenoxy) is 6. The van der Waals surface area contributed by atoms with Crippen molar-refractivity contribution in [2.75, 3.05) is 54.1 Å². The van der Waals surface area contributed by atoms with E-state index in [1.54, 1.807) is 78.0 Å². The fourth-order valence-corrected chi connectivity index (χ4v) is 17.9. The van der Waals surface area contributed by atoms with Crippen LogP contribution in [-0.4, -0.2) is 87.5 Å². The maximum Gasteiger partial charge on any atom is 0.419 e. The molecule has 0 saturated carbocycles. The highest BCUT2D eigenvalue weighted by Gasteiger charge is 2.29. The first-order valence-electron chi connectivity index (χ1n) is 40.6. The van der Waals surface area contributed by atoms with Crippen LogP contribution >= 0.6 is 11.3 Å². The number of methoxy groups -OCH3 is 5. The lowest BCUT2D eigenvalue weighted by atomic mass is 10.0. The third kappa shape index (κ3) is 14.5. The molecular weight excluding hydrogens is 1610 g/mol. The molecule has 9 aromatic heterocycles. The number of aryl methyl sites for hydroxylation is 6. The Morgan fingerprint density at radius 2 is 0.810 bits per heavy atom. The molecule has 0 spiro atoms. The number of likely N-dealkylation sites (N-methyl/N-ethyl adjacent to an activating group) is 1. The number of amides is 1. The predicted molar refractivity (Wildman–Crippen MR) is 491 cm³/mol. The van der Waals surface area contributed by atoms with Gasteiger partial charge in [-0.3, -0.25) is 14.3 Å². The van der Waals surface area contributed by atoms with Gasteiger partial charge in [-0.15, -0.1) is 11.3 Å². The SMILES string of the molecule is CCn1c(-c2ccc3[nH]c(=O)oc3c2)c(C#N)c2ccc(OC)cc21.CCn1c(-c2ccc3c(c2)N(C)C(=O)CO3)c(C#N)c2ccc(OC)cc21.CCn1c(-c2ccc3c(c2)oc(=O)n3C)c(C#N)c2ccc(OC)cc21.CCn1c(-c2cccc3c2oc2ccccc23)c(C#N)c2ccc(OC)cc21.CCn1c(-c2cccs2)c(C#N)c2ccc(OC)cc21. The number of hydrogen-bond acceptors (Lipinski definition) is 18. The molecule has 626 valence electrons. The Hall–Kier alpha value is -16.3. The zero-order valence-electron chi connectivity index (χ0n) is 71.0. The number of thiophene rings is 1. The Kier molecular flexibility index (Phi) is 23.2. The van der Waals surface area contributed by atoms with Crippen molar-refractivity contribution >= 4 is 122 Å². The summed E-state index contributed by atoms with van der Waals surface area (Å²) in [5, 5.41) is 57.7. The lowest BCUT2D eigenvalue weighted by Gasteiger charge is -2.26. The summed E-state index contributed by atoms with van der Waals surface area (Å²) < 4.78 is 61.0. The first kappa shape index (κ1) is 83.3. The molecule has 0 unspecified atom stereocenters. The van der Waals surface area contributed by atoms with E-state index < -0.39 is 11.5 Å².